The number of hydrogen-bond donors (Lipinski definition) is 3. The average molecular weight is 207 g/mol. The molecule has 0 spiro atoms. The fourth-order valence-corrected chi connectivity index (χ4v) is 0.833. The molecule has 0 heterocycles. The van der Waals surface area contributed by atoms with Crippen molar-refractivity contribution in [1.29, 1.82) is 0 Å². The Balaban J connectivity index is 4.45. The van der Waals surface area contributed by atoms with Crippen molar-refractivity contribution in [2.45, 2.75) is 13.0 Å². The molecule has 14 heavy (non-hydrogen) atoms. The van der Waals surface area contributed by atoms with Gasteiger partial charge in [-0.3, -0.25) is 19.3 Å². The van der Waals surface area contributed by atoms with Crippen molar-refractivity contribution in [3.63, 3.8) is 0 Å². The summed E-state index contributed by atoms with van der Waals surface area (Å²) in [6.07, 6.45) is 0. The van der Waals surface area contributed by atoms with Crippen molar-refractivity contribution in [2.24, 2.45) is 0 Å². The topological polar surface area (TPSA) is 115 Å². The number of carbonyl (C=O) groups is 3. The van der Waals surface area contributed by atoms with Crippen molar-refractivity contribution in [2.75, 3.05) is 13.1 Å². The van der Waals surface area contributed by atoms with Crippen LogP contribution >= 0.6 is 0 Å². The number of hydrogen-bond acceptors (Lipinski definition) is 4. The summed E-state index contributed by atoms with van der Waals surface area (Å²) in [6, 6.07) is -1.14. The molecule has 0 aliphatic rings. The Labute approximate surface area is 79.6 Å². The monoisotopic (exact) mass is 207 g/mol. The predicted molar refractivity (Wildman–Crippen MR) is 43.9 cm³/mol. The van der Waals surface area contributed by atoms with Gasteiger partial charge in [-0.1, -0.05) is 0 Å². The highest BCUT2D eigenvalue weighted by molar-refractivity contribution is 5.77. The van der Waals surface area contributed by atoms with Gasteiger partial charge in [-0.25, -0.2) is 0 Å². The lowest BCUT2D eigenvalue weighted by Crippen LogP contribution is -2.44. The van der Waals surface area contributed by atoms with Crippen LogP contribution in [0.1, 0.15) is 6.92 Å². The maximum absolute atomic E-state index is 10.5. The van der Waals surface area contributed by atoms with Gasteiger partial charge < -0.3 is 15.3 Å². The third kappa shape index (κ3) is 4.41. The Hall–Kier alpha value is -1.63. The summed E-state index contributed by atoms with van der Waals surface area (Å²) in [4.78, 5) is 31.9. The minimum absolute atomic E-state index is 0.611. The molecule has 0 rings (SSSR count). The van der Waals surface area contributed by atoms with E-state index in [4.69, 9.17) is 15.3 Å². The zero-order chi connectivity index (χ0) is 11.3. The van der Waals surface area contributed by atoms with E-state index in [9.17, 15) is 14.4 Å². The summed E-state index contributed by atoms with van der Waals surface area (Å²) in [5.74, 6) is -3.79. The first-order valence-corrected chi connectivity index (χ1v) is 3.75. The van der Waals surface area contributed by atoms with Gasteiger partial charge in [-0.05, 0) is 6.92 Å². The third-order valence-corrected chi connectivity index (χ3v) is 1.58. The second kappa shape index (κ2) is 5.18. The van der Waals surface area contributed by atoms with Gasteiger partial charge in [0, 0.05) is 0 Å². The Morgan fingerprint density at radius 2 is 1.43 bits per heavy atom. The normalized spacial score (nSPS) is 12.4. The molecule has 0 aromatic rings. The van der Waals surface area contributed by atoms with Crippen molar-refractivity contribution in [1.82, 2.24) is 4.90 Å². The zero-order valence-electron chi connectivity index (χ0n) is 7.51. The first-order valence-electron chi connectivity index (χ1n) is 3.75. The van der Waals surface area contributed by atoms with Gasteiger partial charge in [0.25, 0.3) is 0 Å². The van der Waals surface area contributed by atoms with Crippen LogP contribution in [0.15, 0.2) is 0 Å². The van der Waals surface area contributed by atoms with E-state index in [1.807, 2.05) is 0 Å². The second-order valence-corrected chi connectivity index (χ2v) is 2.71. The molecule has 0 aliphatic carbocycles. The van der Waals surface area contributed by atoms with E-state index in [2.05, 4.69) is 0 Å². The number of carboxylic acids is 3. The van der Waals surface area contributed by atoms with Gasteiger partial charge in [0.1, 0.15) is 6.04 Å². The van der Waals surface area contributed by atoms with Gasteiger partial charge in [0.05, 0.1) is 13.1 Å². The number of aliphatic carboxylic acids is 3. The average Bonchev–Trinajstić information content (AvgIpc) is 1.99. The van der Waals surface area contributed by atoms with E-state index < -0.39 is 37.0 Å². The SMILES string of the molecule is C[C@@H](C(=O)O)N([13CH2]C(=O)O)[13CH2]C(=O)O. The largest absolute Gasteiger partial charge is 0.480 e. The zero-order valence-corrected chi connectivity index (χ0v) is 7.51. The molecule has 3 N–H and O–H groups in total. The number of nitrogens with zero attached hydrogens (tertiary/aromatic N) is 1. The molecule has 7 nitrogen and oxygen atoms in total. The molecule has 0 radical (unpaired) electrons. The van der Waals surface area contributed by atoms with Gasteiger partial charge in [0.2, 0.25) is 0 Å². The van der Waals surface area contributed by atoms with Crippen LogP contribution in [-0.2, 0) is 14.4 Å². The summed E-state index contributed by atoms with van der Waals surface area (Å²) in [5.41, 5.74) is 0. The van der Waals surface area contributed by atoms with Crippen LogP contribution in [0.2, 0.25) is 0 Å². The summed E-state index contributed by atoms with van der Waals surface area (Å²) >= 11 is 0. The highest BCUT2D eigenvalue weighted by Gasteiger charge is 2.24. The lowest BCUT2D eigenvalue weighted by atomic mass is 10.3. The fourth-order valence-electron chi connectivity index (χ4n) is 0.833. The first kappa shape index (κ1) is 12.4. The molecule has 7 heteroatoms. The molecule has 0 aliphatic heterocycles. The molecule has 0 bridgehead atoms. The van der Waals surface area contributed by atoms with E-state index in [0.717, 1.165) is 4.90 Å². The van der Waals surface area contributed by atoms with E-state index in [-0.39, 0.29) is 0 Å². The molecular weight excluding hydrogens is 196 g/mol. The van der Waals surface area contributed by atoms with E-state index in [1.165, 1.54) is 6.92 Å². The van der Waals surface area contributed by atoms with Crippen molar-refractivity contribution in [3.8, 4) is 0 Å². The lowest BCUT2D eigenvalue weighted by Gasteiger charge is -2.21. The Kier molecular flexibility index (Phi) is 4.57. The summed E-state index contributed by atoms with van der Waals surface area (Å²) in [6.45, 7) is 0.00769. The van der Waals surface area contributed by atoms with Gasteiger partial charge >= 0.3 is 17.9 Å². The van der Waals surface area contributed by atoms with Crippen molar-refractivity contribution < 1.29 is 29.7 Å². The molecule has 0 aromatic carbocycles. The van der Waals surface area contributed by atoms with Crippen LogP contribution < -0.4 is 0 Å². The quantitative estimate of drug-likeness (QED) is 0.475. The maximum atomic E-state index is 10.5. The van der Waals surface area contributed by atoms with Crippen molar-refractivity contribution in [3.05, 3.63) is 0 Å². The van der Waals surface area contributed by atoms with Crippen LogP contribution in [-0.4, -0.2) is 57.3 Å². The van der Waals surface area contributed by atoms with Gasteiger partial charge in [-0.2, -0.15) is 0 Å². The molecule has 0 amide bonds. The first-order chi connectivity index (χ1) is 6.34. The van der Waals surface area contributed by atoms with Crippen LogP contribution in [0, 0.1) is 0 Å². The molecular formula is C7H11NO6. The Bertz CT molecular complexity index is 235. The molecule has 0 fully saturated rings. The second-order valence-electron chi connectivity index (χ2n) is 2.71. The molecule has 0 unspecified atom stereocenters. The van der Waals surface area contributed by atoms with Crippen LogP contribution in [0.25, 0.3) is 0 Å². The standard InChI is InChI=1S/C7H11NO6/c1-4(7(13)14)8(2-5(9)10)3-6(11)12/h4H,2-3H2,1H3,(H,9,10)(H,11,12)(H,13,14)/t4-/m0/s1/i2+1,3+1. The Morgan fingerprint density at radius 3 is 1.64 bits per heavy atom. The molecule has 80 valence electrons. The van der Waals surface area contributed by atoms with Crippen LogP contribution in [0.3, 0.4) is 0 Å². The van der Waals surface area contributed by atoms with Gasteiger partial charge in [-0.15, -0.1) is 0 Å². The molecule has 0 saturated carbocycles. The van der Waals surface area contributed by atoms with E-state index in [1.54, 1.807) is 0 Å². The smallest absolute Gasteiger partial charge is 0.320 e. The molecule has 0 saturated heterocycles. The molecule has 0 aromatic heterocycles. The van der Waals surface area contributed by atoms with Gasteiger partial charge in [0.15, 0.2) is 0 Å². The van der Waals surface area contributed by atoms with E-state index >= 15 is 0 Å². The highest BCUT2D eigenvalue weighted by Crippen LogP contribution is 1.98. The minimum Gasteiger partial charge on any atom is -0.480 e. The Morgan fingerprint density at radius 1 is 1.07 bits per heavy atom. The third-order valence-electron chi connectivity index (χ3n) is 1.58. The summed E-state index contributed by atoms with van der Waals surface area (Å²) in [5, 5.41) is 25.4. The number of rotatable bonds is 6. The van der Waals surface area contributed by atoms with Crippen molar-refractivity contribution >= 4 is 17.9 Å². The maximum Gasteiger partial charge on any atom is 0.320 e. The molecule has 1 atom stereocenters. The van der Waals surface area contributed by atoms with Crippen LogP contribution in [0.5, 0.6) is 0 Å². The fraction of sp³-hybridized carbons (Fsp3) is 0.571. The number of carboxylic acid groups (broad SMARTS) is 3. The van der Waals surface area contributed by atoms with E-state index in [0.29, 0.717) is 0 Å². The summed E-state index contributed by atoms with van der Waals surface area (Å²) < 4.78 is 0. The highest BCUT2D eigenvalue weighted by atomic mass is 16.4. The minimum atomic E-state index is -1.26. The summed E-state index contributed by atoms with van der Waals surface area (Å²) in [7, 11) is 0. The lowest BCUT2D eigenvalue weighted by molar-refractivity contribution is -0.148. The predicted octanol–water partition coefficient (Wildman–Crippen LogP) is -1.07. The van der Waals surface area contributed by atoms with Crippen LogP contribution in [0.4, 0.5) is 0 Å².